The number of fused-ring (bicyclic) bond motifs is 1. The number of amides is 1. The molecule has 2 aromatic carbocycles. The lowest BCUT2D eigenvalue weighted by Crippen LogP contribution is -2.35. The van der Waals surface area contributed by atoms with E-state index in [-0.39, 0.29) is 17.3 Å². The zero-order valence-electron chi connectivity index (χ0n) is 16.9. The number of para-hydroxylation sites is 1. The molecule has 0 aliphatic carbocycles. The molecule has 156 valence electrons. The van der Waals surface area contributed by atoms with E-state index in [9.17, 15) is 13.2 Å². The van der Waals surface area contributed by atoms with Crippen LogP contribution in [0.2, 0.25) is 0 Å². The van der Waals surface area contributed by atoms with Gasteiger partial charge in [0.25, 0.3) is 0 Å². The Hall–Kier alpha value is -2.58. The average molecular weight is 419 g/mol. The van der Waals surface area contributed by atoms with Gasteiger partial charge in [0.2, 0.25) is 15.9 Å². The third-order valence-corrected chi connectivity index (χ3v) is 6.65. The summed E-state index contributed by atoms with van der Waals surface area (Å²) in [5.74, 6) is 0.516. The fraction of sp³-hybridized carbons (Fsp3) is 0.381. The van der Waals surface area contributed by atoms with Gasteiger partial charge in [-0.1, -0.05) is 32.0 Å². The van der Waals surface area contributed by atoms with Crippen molar-refractivity contribution in [3.63, 3.8) is 0 Å². The van der Waals surface area contributed by atoms with Crippen LogP contribution in [0.25, 0.3) is 0 Å². The molecule has 1 heterocycles. The van der Waals surface area contributed by atoms with E-state index >= 15 is 0 Å². The molecule has 0 fully saturated rings. The molecule has 1 aliphatic rings. The maximum absolute atomic E-state index is 12.9. The van der Waals surface area contributed by atoms with Gasteiger partial charge in [-0.15, -0.1) is 0 Å². The largest absolute Gasteiger partial charge is 0.486 e. The fourth-order valence-corrected chi connectivity index (χ4v) is 4.38. The Bertz CT molecular complexity index is 982. The van der Waals surface area contributed by atoms with Gasteiger partial charge in [-0.05, 0) is 36.1 Å². The van der Waals surface area contributed by atoms with E-state index in [0.717, 1.165) is 34.0 Å². The van der Waals surface area contributed by atoms with Crippen LogP contribution in [-0.4, -0.2) is 45.4 Å². The van der Waals surface area contributed by atoms with Crippen LogP contribution in [0.15, 0.2) is 41.3 Å². The molecule has 3 rings (SSSR count). The molecule has 8 heteroatoms. The highest BCUT2D eigenvalue weighted by Crippen LogP contribution is 2.33. The van der Waals surface area contributed by atoms with Gasteiger partial charge in [0.15, 0.2) is 11.5 Å². The van der Waals surface area contributed by atoms with Gasteiger partial charge in [-0.2, -0.15) is 4.31 Å². The summed E-state index contributed by atoms with van der Waals surface area (Å²) in [5, 5.41) is 2.90. The predicted octanol–water partition coefficient (Wildman–Crippen LogP) is 2.84. The van der Waals surface area contributed by atoms with Crippen LogP contribution in [-0.2, 0) is 27.7 Å². The van der Waals surface area contributed by atoms with Gasteiger partial charge >= 0.3 is 0 Å². The Morgan fingerprint density at radius 1 is 1.03 bits per heavy atom. The Morgan fingerprint density at radius 3 is 2.28 bits per heavy atom. The molecule has 1 amide bonds. The minimum atomic E-state index is -3.85. The van der Waals surface area contributed by atoms with Gasteiger partial charge in [-0.25, -0.2) is 8.42 Å². The molecule has 29 heavy (non-hydrogen) atoms. The smallest absolute Gasteiger partial charge is 0.243 e. The lowest BCUT2D eigenvalue weighted by atomic mass is 10.0. The zero-order chi connectivity index (χ0) is 21.0. The number of carbonyl (C=O) groups excluding carboxylic acids is 1. The second-order valence-electron chi connectivity index (χ2n) is 6.77. The van der Waals surface area contributed by atoms with Gasteiger partial charge in [-0.3, -0.25) is 4.79 Å². The third-order valence-electron chi connectivity index (χ3n) is 4.85. The number of aryl methyl sites for hydroxylation is 2. The van der Waals surface area contributed by atoms with E-state index in [1.165, 1.54) is 19.2 Å². The van der Waals surface area contributed by atoms with E-state index in [1.54, 1.807) is 6.07 Å². The summed E-state index contributed by atoms with van der Waals surface area (Å²) >= 11 is 0. The number of nitrogens with one attached hydrogen (secondary N) is 1. The predicted molar refractivity (Wildman–Crippen MR) is 111 cm³/mol. The Kier molecular flexibility index (Phi) is 6.44. The molecule has 0 radical (unpaired) electrons. The van der Waals surface area contributed by atoms with E-state index < -0.39 is 10.0 Å². The average Bonchev–Trinajstić information content (AvgIpc) is 2.73. The summed E-state index contributed by atoms with van der Waals surface area (Å²) in [6.07, 6.45) is 1.55. The van der Waals surface area contributed by atoms with Crippen LogP contribution in [0.5, 0.6) is 11.5 Å². The van der Waals surface area contributed by atoms with Crippen LogP contribution in [0.3, 0.4) is 0 Å². The molecular formula is C21H26N2O5S. The number of hydrogen-bond acceptors (Lipinski definition) is 5. The Labute approximate surface area is 171 Å². The first-order valence-corrected chi connectivity index (χ1v) is 11.1. The number of ether oxygens (including phenoxy) is 2. The number of nitrogens with zero attached hydrogens (tertiary/aromatic N) is 1. The standard InChI is InChI=1S/C21H26N2O5S/c1-4-15-7-6-8-16(5-2)21(15)22-20(24)14-23(3)29(25,26)17-9-10-18-19(13-17)28-12-11-27-18/h6-10,13H,4-5,11-12,14H2,1-3H3,(H,22,24). The fourth-order valence-electron chi connectivity index (χ4n) is 3.23. The van der Waals surface area contributed by atoms with Crippen LogP contribution in [0.4, 0.5) is 5.69 Å². The normalized spacial score (nSPS) is 13.4. The second-order valence-corrected chi connectivity index (χ2v) is 8.82. The SMILES string of the molecule is CCc1cccc(CC)c1NC(=O)CN(C)S(=O)(=O)c1ccc2c(c1)OCCO2. The van der Waals surface area contributed by atoms with Crippen molar-refractivity contribution in [2.75, 3.05) is 32.1 Å². The first-order valence-electron chi connectivity index (χ1n) is 9.63. The topological polar surface area (TPSA) is 84.9 Å². The number of benzene rings is 2. The first-order chi connectivity index (χ1) is 13.9. The monoisotopic (exact) mass is 418 g/mol. The molecule has 0 unspecified atom stereocenters. The molecule has 0 saturated heterocycles. The van der Waals surface area contributed by atoms with Crippen molar-refractivity contribution in [3.05, 3.63) is 47.5 Å². The summed E-state index contributed by atoms with van der Waals surface area (Å²) in [4.78, 5) is 12.7. The summed E-state index contributed by atoms with van der Waals surface area (Å²) in [6.45, 7) is 4.53. The maximum atomic E-state index is 12.9. The van der Waals surface area contributed by atoms with Gasteiger partial charge in [0.05, 0.1) is 11.4 Å². The van der Waals surface area contributed by atoms with E-state index in [2.05, 4.69) is 5.32 Å². The van der Waals surface area contributed by atoms with Crippen molar-refractivity contribution in [1.82, 2.24) is 4.31 Å². The molecule has 1 aliphatic heterocycles. The summed E-state index contributed by atoms with van der Waals surface area (Å²) in [5.41, 5.74) is 2.82. The van der Waals surface area contributed by atoms with E-state index in [1.807, 2.05) is 32.0 Å². The van der Waals surface area contributed by atoms with Crippen molar-refractivity contribution in [2.24, 2.45) is 0 Å². The molecule has 0 saturated carbocycles. The zero-order valence-corrected chi connectivity index (χ0v) is 17.7. The van der Waals surface area contributed by atoms with E-state index in [0.29, 0.717) is 24.7 Å². The number of carbonyl (C=O) groups is 1. The minimum Gasteiger partial charge on any atom is -0.486 e. The highest BCUT2D eigenvalue weighted by Gasteiger charge is 2.25. The van der Waals surface area contributed by atoms with Crippen molar-refractivity contribution in [2.45, 2.75) is 31.6 Å². The van der Waals surface area contributed by atoms with Crippen molar-refractivity contribution >= 4 is 21.6 Å². The van der Waals surface area contributed by atoms with Crippen molar-refractivity contribution in [1.29, 1.82) is 0 Å². The minimum absolute atomic E-state index is 0.0558. The molecule has 0 bridgehead atoms. The molecule has 2 aromatic rings. The lowest BCUT2D eigenvalue weighted by Gasteiger charge is -2.21. The molecule has 7 nitrogen and oxygen atoms in total. The van der Waals surface area contributed by atoms with Crippen molar-refractivity contribution < 1.29 is 22.7 Å². The second kappa shape index (κ2) is 8.84. The highest BCUT2D eigenvalue weighted by atomic mass is 32.2. The number of rotatable bonds is 7. The number of sulfonamides is 1. The van der Waals surface area contributed by atoms with Crippen LogP contribution in [0, 0.1) is 0 Å². The number of hydrogen-bond donors (Lipinski definition) is 1. The summed E-state index contributed by atoms with van der Waals surface area (Å²) in [7, 11) is -2.47. The van der Waals surface area contributed by atoms with Crippen LogP contribution < -0.4 is 14.8 Å². The third kappa shape index (κ3) is 4.54. The van der Waals surface area contributed by atoms with Crippen LogP contribution >= 0.6 is 0 Å². The first kappa shape index (κ1) is 21.1. The molecule has 0 aromatic heterocycles. The molecule has 0 spiro atoms. The van der Waals surface area contributed by atoms with Gasteiger partial charge in [0, 0.05) is 18.8 Å². The van der Waals surface area contributed by atoms with Gasteiger partial charge < -0.3 is 14.8 Å². The Morgan fingerprint density at radius 2 is 1.66 bits per heavy atom. The van der Waals surface area contributed by atoms with Gasteiger partial charge in [0.1, 0.15) is 13.2 Å². The molecular weight excluding hydrogens is 392 g/mol. The maximum Gasteiger partial charge on any atom is 0.243 e. The Balaban J connectivity index is 1.76. The molecule has 0 atom stereocenters. The lowest BCUT2D eigenvalue weighted by molar-refractivity contribution is -0.116. The van der Waals surface area contributed by atoms with E-state index in [4.69, 9.17) is 9.47 Å². The van der Waals surface area contributed by atoms with Crippen molar-refractivity contribution in [3.8, 4) is 11.5 Å². The number of likely N-dealkylation sites (N-methyl/N-ethyl adjacent to an activating group) is 1. The van der Waals surface area contributed by atoms with Crippen LogP contribution in [0.1, 0.15) is 25.0 Å². The number of anilines is 1. The summed E-state index contributed by atoms with van der Waals surface area (Å²) in [6, 6.07) is 10.3. The molecule has 1 N–H and O–H groups in total. The quantitative estimate of drug-likeness (QED) is 0.747. The highest BCUT2D eigenvalue weighted by molar-refractivity contribution is 7.89. The summed E-state index contributed by atoms with van der Waals surface area (Å²) < 4.78 is 37.7.